The number of hydrogen-bond acceptors (Lipinski definition) is 3. The van der Waals surface area contributed by atoms with Crippen LogP contribution >= 0.6 is 0 Å². The van der Waals surface area contributed by atoms with Gasteiger partial charge in [-0.05, 0) is 87.3 Å². The molecule has 2 N–H and O–H groups in total. The van der Waals surface area contributed by atoms with Gasteiger partial charge < -0.3 is 15.4 Å². The van der Waals surface area contributed by atoms with Crippen molar-refractivity contribution in [2.75, 3.05) is 18.4 Å². The summed E-state index contributed by atoms with van der Waals surface area (Å²) in [5.41, 5.74) is 3.16. The number of hydrogen-bond donors (Lipinski definition) is 2. The molecule has 4 heteroatoms. The molecule has 126 valence electrons. The van der Waals surface area contributed by atoms with E-state index in [9.17, 15) is 4.79 Å². The summed E-state index contributed by atoms with van der Waals surface area (Å²) in [5.74, 6) is 1.82. The molecule has 4 nitrogen and oxygen atoms in total. The van der Waals surface area contributed by atoms with Crippen molar-refractivity contribution in [3.63, 3.8) is 0 Å². The first-order chi connectivity index (χ1) is 11.6. The number of carbonyl (C=O) groups is 1. The molecule has 0 aromatic heterocycles. The van der Waals surface area contributed by atoms with Crippen molar-refractivity contribution in [2.45, 2.75) is 26.7 Å². The maximum Gasteiger partial charge on any atom is 0.227 e. The number of anilines is 1. The average molecular weight is 324 g/mol. The minimum Gasteiger partial charge on any atom is -0.457 e. The Morgan fingerprint density at radius 1 is 1.00 bits per heavy atom. The molecule has 0 saturated carbocycles. The summed E-state index contributed by atoms with van der Waals surface area (Å²) in [6.45, 7) is 5.94. The zero-order valence-corrected chi connectivity index (χ0v) is 14.3. The van der Waals surface area contributed by atoms with Gasteiger partial charge in [-0.3, -0.25) is 4.79 Å². The quantitative estimate of drug-likeness (QED) is 0.892. The Hall–Kier alpha value is -2.33. The van der Waals surface area contributed by atoms with Gasteiger partial charge in [-0.15, -0.1) is 0 Å². The molecular weight excluding hydrogens is 300 g/mol. The number of rotatable bonds is 4. The zero-order chi connectivity index (χ0) is 16.9. The maximum absolute atomic E-state index is 12.2. The second kappa shape index (κ2) is 7.49. The average Bonchev–Trinajstić information content (AvgIpc) is 2.56. The van der Waals surface area contributed by atoms with E-state index in [1.54, 1.807) is 0 Å². The van der Waals surface area contributed by atoms with E-state index in [2.05, 4.69) is 30.5 Å². The zero-order valence-electron chi connectivity index (χ0n) is 14.3. The minimum atomic E-state index is 0.109. The summed E-state index contributed by atoms with van der Waals surface area (Å²) in [7, 11) is 0. The van der Waals surface area contributed by atoms with E-state index in [4.69, 9.17) is 4.74 Å². The molecule has 0 unspecified atom stereocenters. The monoisotopic (exact) mass is 324 g/mol. The molecule has 0 atom stereocenters. The lowest BCUT2D eigenvalue weighted by molar-refractivity contribution is -0.120. The third-order valence-electron chi connectivity index (χ3n) is 4.26. The number of aryl methyl sites for hydroxylation is 2. The van der Waals surface area contributed by atoms with Crippen LogP contribution in [0.2, 0.25) is 0 Å². The van der Waals surface area contributed by atoms with Gasteiger partial charge in [0, 0.05) is 11.6 Å². The van der Waals surface area contributed by atoms with Crippen molar-refractivity contribution >= 4 is 11.6 Å². The molecule has 3 rings (SSSR count). The van der Waals surface area contributed by atoms with Crippen LogP contribution in [0.4, 0.5) is 5.69 Å². The maximum atomic E-state index is 12.2. The number of amides is 1. The van der Waals surface area contributed by atoms with Crippen molar-refractivity contribution < 1.29 is 9.53 Å². The molecule has 1 aliphatic rings. The molecule has 1 heterocycles. The highest BCUT2D eigenvalue weighted by molar-refractivity contribution is 5.92. The van der Waals surface area contributed by atoms with E-state index in [0.717, 1.165) is 43.1 Å². The highest BCUT2D eigenvalue weighted by Crippen LogP contribution is 2.25. The van der Waals surface area contributed by atoms with Gasteiger partial charge in [-0.2, -0.15) is 0 Å². The van der Waals surface area contributed by atoms with Gasteiger partial charge in [0.2, 0.25) is 5.91 Å². The Labute approximate surface area is 143 Å². The normalized spacial score (nSPS) is 15.1. The second-order valence-electron chi connectivity index (χ2n) is 6.46. The van der Waals surface area contributed by atoms with E-state index in [0.29, 0.717) is 0 Å². The predicted molar refractivity (Wildman–Crippen MR) is 96.7 cm³/mol. The topological polar surface area (TPSA) is 50.4 Å². The van der Waals surface area contributed by atoms with Crippen molar-refractivity contribution in [1.29, 1.82) is 0 Å². The first kappa shape index (κ1) is 16.5. The molecule has 0 radical (unpaired) electrons. The van der Waals surface area contributed by atoms with Crippen LogP contribution in [0.3, 0.4) is 0 Å². The van der Waals surface area contributed by atoms with Gasteiger partial charge in [0.05, 0.1) is 0 Å². The van der Waals surface area contributed by atoms with Crippen LogP contribution in [0.15, 0.2) is 42.5 Å². The van der Waals surface area contributed by atoms with E-state index < -0.39 is 0 Å². The van der Waals surface area contributed by atoms with Crippen LogP contribution in [0.5, 0.6) is 11.5 Å². The van der Waals surface area contributed by atoms with E-state index in [1.807, 2.05) is 36.4 Å². The molecule has 2 aromatic carbocycles. The lowest BCUT2D eigenvalue weighted by Gasteiger charge is -2.21. The van der Waals surface area contributed by atoms with Crippen LogP contribution < -0.4 is 15.4 Å². The standard InChI is InChI=1S/C20H24N2O2/c1-14-11-15(2)13-19(12-14)24-18-5-3-17(4-6-18)22-20(23)16-7-9-21-10-8-16/h3-6,11-13,16,21H,7-10H2,1-2H3,(H,22,23). The third-order valence-corrected chi connectivity index (χ3v) is 4.26. The SMILES string of the molecule is Cc1cc(C)cc(Oc2ccc(NC(=O)C3CCNCC3)cc2)c1. The fourth-order valence-corrected chi connectivity index (χ4v) is 3.06. The summed E-state index contributed by atoms with van der Waals surface area (Å²) in [6, 6.07) is 13.7. The van der Waals surface area contributed by atoms with Gasteiger partial charge in [0.25, 0.3) is 0 Å². The molecule has 24 heavy (non-hydrogen) atoms. The highest BCUT2D eigenvalue weighted by atomic mass is 16.5. The molecule has 0 spiro atoms. The lowest BCUT2D eigenvalue weighted by Crippen LogP contribution is -2.34. The number of nitrogens with one attached hydrogen (secondary N) is 2. The molecule has 1 aliphatic heterocycles. The van der Waals surface area contributed by atoms with E-state index >= 15 is 0 Å². The van der Waals surface area contributed by atoms with Gasteiger partial charge >= 0.3 is 0 Å². The Bertz CT molecular complexity index is 684. The van der Waals surface area contributed by atoms with E-state index in [1.165, 1.54) is 11.1 Å². The largest absolute Gasteiger partial charge is 0.457 e. The first-order valence-electron chi connectivity index (χ1n) is 8.48. The Morgan fingerprint density at radius 3 is 2.25 bits per heavy atom. The predicted octanol–water partition coefficient (Wildman–Crippen LogP) is 4.03. The van der Waals surface area contributed by atoms with Crippen LogP contribution in [0, 0.1) is 19.8 Å². The second-order valence-corrected chi connectivity index (χ2v) is 6.46. The molecule has 0 aliphatic carbocycles. The Morgan fingerprint density at radius 2 is 1.62 bits per heavy atom. The van der Waals surface area contributed by atoms with Gasteiger partial charge in [0.1, 0.15) is 11.5 Å². The van der Waals surface area contributed by atoms with Crippen LogP contribution in [0.1, 0.15) is 24.0 Å². The number of ether oxygens (including phenoxy) is 1. The summed E-state index contributed by atoms with van der Waals surface area (Å²) >= 11 is 0. The van der Waals surface area contributed by atoms with Crippen molar-refractivity contribution in [3.8, 4) is 11.5 Å². The number of piperidine rings is 1. The highest BCUT2D eigenvalue weighted by Gasteiger charge is 2.20. The summed E-state index contributed by atoms with van der Waals surface area (Å²) in [4.78, 5) is 12.2. The molecule has 0 bridgehead atoms. The fraction of sp³-hybridized carbons (Fsp3) is 0.350. The van der Waals surface area contributed by atoms with Crippen molar-refractivity contribution in [1.82, 2.24) is 5.32 Å². The molecular formula is C20H24N2O2. The van der Waals surface area contributed by atoms with Crippen molar-refractivity contribution in [3.05, 3.63) is 53.6 Å². The minimum absolute atomic E-state index is 0.109. The molecule has 1 amide bonds. The number of benzene rings is 2. The van der Waals surface area contributed by atoms with Crippen molar-refractivity contribution in [2.24, 2.45) is 5.92 Å². The van der Waals surface area contributed by atoms with Gasteiger partial charge in [-0.25, -0.2) is 0 Å². The summed E-state index contributed by atoms with van der Waals surface area (Å²) < 4.78 is 5.90. The summed E-state index contributed by atoms with van der Waals surface area (Å²) in [5, 5.41) is 6.27. The van der Waals surface area contributed by atoms with Crippen LogP contribution in [-0.2, 0) is 4.79 Å². The van der Waals surface area contributed by atoms with Gasteiger partial charge in [0.15, 0.2) is 0 Å². The molecule has 1 saturated heterocycles. The van der Waals surface area contributed by atoms with Crippen LogP contribution in [0.25, 0.3) is 0 Å². The van der Waals surface area contributed by atoms with Gasteiger partial charge in [-0.1, -0.05) is 6.07 Å². The molecule has 2 aromatic rings. The molecule has 1 fully saturated rings. The smallest absolute Gasteiger partial charge is 0.227 e. The number of carbonyl (C=O) groups excluding carboxylic acids is 1. The summed E-state index contributed by atoms with van der Waals surface area (Å²) in [6.07, 6.45) is 1.81. The Balaban J connectivity index is 1.61. The van der Waals surface area contributed by atoms with E-state index in [-0.39, 0.29) is 11.8 Å². The lowest BCUT2D eigenvalue weighted by atomic mass is 9.97. The van der Waals surface area contributed by atoms with Crippen LogP contribution in [-0.4, -0.2) is 19.0 Å². The Kier molecular flexibility index (Phi) is 5.16. The fourth-order valence-electron chi connectivity index (χ4n) is 3.06. The third kappa shape index (κ3) is 4.36. The first-order valence-corrected chi connectivity index (χ1v) is 8.48.